The smallest absolute Gasteiger partial charge is 0.251 e. The summed E-state index contributed by atoms with van der Waals surface area (Å²) in [6.07, 6.45) is 5.22. The molecule has 0 aromatic heterocycles. The van der Waals surface area contributed by atoms with Gasteiger partial charge in [0.2, 0.25) is 0 Å². The second kappa shape index (κ2) is 14.0. The van der Waals surface area contributed by atoms with Crippen LogP contribution in [0.3, 0.4) is 0 Å². The van der Waals surface area contributed by atoms with Gasteiger partial charge in [0.05, 0.1) is 6.54 Å². The zero-order valence-electron chi connectivity index (χ0n) is 19.9. The van der Waals surface area contributed by atoms with Crippen molar-refractivity contribution in [3.63, 3.8) is 0 Å². The zero-order chi connectivity index (χ0) is 22.5. The molecule has 0 bridgehead atoms. The minimum atomic E-state index is -0.0373. The second-order valence-corrected chi connectivity index (χ2v) is 8.48. The molecule has 1 amide bonds. The predicted molar refractivity (Wildman–Crippen MR) is 130 cm³/mol. The van der Waals surface area contributed by atoms with Gasteiger partial charge in [-0.05, 0) is 64.5 Å². The van der Waals surface area contributed by atoms with Crippen molar-refractivity contribution in [1.29, 1.82) is 0 Å². The van der Waals surface area contributed by atoms with Crippen molar-refractivity contribution in [2.45, 2.75) is 52.1 Å². The first-order valence-electron chi connectivity index (χ1n) is 11.8. The van der Waals surface area contributed by atoms with E-state index in [0.717, 1.165) is 43.7 Å². The number of rotatable bonds is 11. The molecule has 1 aliphatic rings. The molecule has 7 heteroatoms. The minimum absolute atomic E-state index is 0.0373. The lowest BCUT2D eigenvalue weighted by Crippen LogP contribution is -2.45. The summed E-state index contributed by atoms with van der Waals surface area (Å²) in [6.45, 7) is 10.3. The molecule has 1 fully saturated rings. The van der Waals surface area contributed by atoms with Crippen molar-refractivity contribution in [2.75, 3.05) is 53.4 Å². The average Bonchev–Trinajstić information content (AvgIpc) is 2.77. The minimum Gasteiger partial charge on any atom is -0.357 e. The van der Waals surface area contributed by atoms with Crippen molar-refractivity contribution < 1.29 is 4.79 Å². The molecule has 1 unspecified atom stereocenters. The maximum atomic E-state index is 12.4. The average molecular weight is 431 g/mol. The number of benzene rings is 1. The molecule has 0 aliphatic carbocycles. The Labute approximate surface area is 188 Å². The van der Waals surface area contributed by atoms with Crippen molar-refractivity contribution in [3.8, 4) is 0 Å². The topological polar surface area (TPSA) is 72.0 Å². The molecule has 174 valence electrons. The Morgan fingerprint density at radius 2 is 2.00 bits per heavy atom. The summed E-state index contributed by atoms with van der Waals surface area (Å²) in [6, 6.07) is 8.44. The van der Waals surface area contributed by atoms with Crippen LogP contribution in [-0.2, 0) is 6.54 Å². The first kappa shape index (κ1) is 25.1. The Morgan fingerprint density at radius 3 is 2.74 bits per heavy atom. The number of hydrogen-bond acceptors (Lipinski definition) is 4. The summed E-state index contributed by atoms with van der Waals surface area (Å²) >= 11 is 0. The van der Waals surface area contributed by atoms with E-state index in [4.69, 9.17) is 4.99 Å². The number of likely N-dealkylation sites (tertiary alicyclic amines) is 1. The van der Waals surface area contributed by atoms with Crippen LogP contribution >= 0.6 is 0 Å². The Bertz CT molecular complexity index is 690. The molecular formula is C24H42N6O. The fourth-order valence-electron chi connectivity index (χ4n) is 3.95. The fraction of sp³-hybridized carbons (Fsp3) is 0.667. The summed E-state index contributed by atoms with van der Waals surface area (Å²) in [7, 11) is 3.99. The number of amides is 1. The van der Waals surface area contributed by atoms with E-state index in [1.807, 2.05) is 43.3 Å². The molecule has 0 radical (unpaired) electrons. The van der Waals surface area contributed by atoms with Crippen molar-refractivity contribution in [3.05, 3.63) is 35.4 Å². The van der Waals surface area contributed by atoms with Crippen LogP contribution in [0.5, 0.6) is 0 Å². The number of hydrogen-bond donors (Lipinski definition) is 3. The van der Waals surface area contributed by atoms with Gasteiger partial charge in [-0.1, -0.05) is 25.5 Å². The number of likely N-dealkylation sites (N-methyl/N-ethyl adjacent to an activating group) is 1. The molecule has 1 aromatic carbocycles. The quantitative estimate of drug-likeness (QED) is 0.371. The van der Waals surface area contributed by atoms with Gasteiger partial charge >= 0.3 is 0 Å². The van der Waals surface area contributed by atoms with Crippen molar-refractivity contribution >= 4 is 11.9 Å². The Kier molecular flexibility index (Phi) is 11.4. The van der Waals surface area contributed by atoms with E-state index in [0.29, 0.717) is 18.7 Å². The third-order valence-electron chi connectivity index (χ3n) is 5.71. The van der Waals surface area contributed by atoms with E-state index in [9.17, 15) is 4.79 Å². The van der Waals surface area contributed by atoms with Crippen LogP contribution in [0.1, 0.15) is 55.5 Å². The van der Waals surface area contributed by atoms with E-state index >= 15 is 0 Å². The zero-order valence-corrected chi connectivity index (χ0v) is 19.9. The fourth-order valence-corrected chi connectivity index (χ4v) is 3.95. The molecule has 1 atom stereocenters. The molecule has 1 saturated heterocycles. The standard InChI is InChI=1S/C24H42N6O/c1-5-22-12-7-8-15-30(22)17-14-27-24(25-6-2)28-19-20-10-9-11-21(18-20)23(31)26-13-16-29(3)4/h9-11,18,22H,5-8,12-17,19H2,1-4H3,(H,26,31)(H2,25,27,28). The van der Waals surface area contributed by atoms with Crippen LogP contribution in [0, 0.1) is 0 Å². The maximum absolute atomic E-state index is 12.4. The van der Waals surface area contributed by atoms with Gasteiger partial charge in [-0.2, -0.15) is 0 Å². The van der Waals surface area contributed by atoms with Gasteiger partial charge in [0.15, 0.2) is 5.96 Å². The largest absolute Gasteiger partial charge is 0.357 e. The molecule has 7 nitrogen and oxygen atoms in total. The SMILES string of the molecule is CCNC(=NCc1cccc(C(=O)NCCN(C)C)c1)NCCN1CCCCC1CC. The Hall–Kier alpha value is -2.12. The lowest BCUT2D eigenvalue weighted by molar-refractivity contribution is 0.0951. The normalized spacial score (nSPS) is 17.6. The molecule has 1 aliphatic heterocycles. The number of aliphatic imine (C=N–C) groups is 1. The number of nitrogens with zero attached hydrogens (tertiary/aromatic N) is 3. The van der Waals surface area contributed by atoms with E-state index in [-0.39, 0.29) is 5.91 Å². The molecule has 0 saturated carbocycles. The van der Waals surface area contributed by atoms with Gasteiger partial charge in [0.1, 0.15) is 0 Å². The van der Waals surface area contributed by atoms with Crippen LogP contribution in [0.4, 0.5) is 0 Å². The number of carbonyl (C=O) groups excluding carboxylic acids is 1. The Balaban J connectivity index is 1.87. The third-order valence-corrected chi connectivity index (χ3v) is 5.71. The van der Waals surface area contributed by atoms with Crippen LogP contribution < -0.4 is 16.0 Å². The molecule has 31 heavy (non-hydrogen) atoms. The summed E-state index contributed by atoms with van der Waals surface area (Å²) in [5.74, 6) is 0.790. The van der Waals surface area contributed by atoms with Crippen molar-refractivity contribution in [1.82, 2.24) is 25.8 Å². The Morgan fingerprint density at radius 1 is 1.16 bits per heavy atom. The number of carbonyl (C=O) groups is 1. The first-order valence-corrected chi connectivity index (χ1v) is 11.8. The highest BCUT2D eigenvalue weighted by Gasteiger charge is 2.19. The van der Waals surface area contributed by atoms with Crippen molar-refractivity contribution in [2.24, 2.45) is 4.99 Å². The van der Waals surface area contributed by atoms with Gasteiger partial charge < -0.3 is 20.9 Å². The molecule has 1 heterocycles. The lowest BCUT2D eigenvalue weighted by Gasteiger charge is -2.35. The van der Waals surface area contributed by atoms with E-state index in [2.05, 4.69) is 34.7 Å². The molecule has 1 aromatic rings. The number of piperidine rings is 1. The van der Waals surface area contributed by atoms with E-state index < -0.39 is 0 Å². The molecule has 0 spiro atoms. The van der Waals surface area contributed by atoms with E-state index in [1.165, 1.54) is 32.2 Å². The summed E-state index contributed by atoms with van der Waals surface area (Å²) < 4.78 is 0. The summed E-state index contributed by atoms with van der Waals surface area (Å²) in [5.41, 5.74) is 1.71. The second-order valence-electron chi connectivity index (χ2n) is 8.48. The summed E-state index contributed by atoms with van der Waals surface area (Å²) in [4.78, 5) is 21.8. The first-order chi connectivity index (χ1) is 15.0. The summed E-state index contributed by atoms with van der Waals surface area (Å²) in [5, 5.41) is 9.76. The lowest BCUT2D eigenvalue weighted by atomic mass is 10.0. The van der Waals surface area contributed by atoms with Crippen LogP contribution in [0.2, 0.25) is 0 Å². The number of guanidine groups is 1. The van der Waals surface area contributed by atoms with Crippen LogP contribution in [0.15, 0.2) is 29.3 Å². The van der Waals surface area contributed by atoms with Gasteiger partial charge in [0.25, 0.3) is 5.91 Å². The van der Waals surface area contributed by atoms with Gasteiger partial charge in [-0.25, -0.2) is 4.99 Å². The maximum Gasteiger partial charge on any atom is 0.251 e. The highest BCUT2D eigenvalue weighted by atomic mass is 16.1. The van der Waals surface area contributed by atoms with Gasteiger partial charge in [-0.3, -0.25) is 9.69 Å². The van der Waals surface area contributed by atoms with Crippen LogP contribution in [0.25, 0.3) is 0 Å². The van der Waals surface area contributed by atoms with E-state index in [1.54, 1.807) is 0 Å². The molecular weight excluding hydrogens is 388 g/mol. The number of nitrogens with one attached hydrogen (secondary N) is 3. The van der Waals surface area contributed by atoms with Crippen LogP contribution in [-0.4, -0.2) is 81.1 Å². The predicted octanol–water partition coefficient (Wildman–Crippen LogP) is 2.30. The van der Waals surface area contributed by atoms with Gasteiger partial charge in [0, 0.05) is 44.3 Å². The van der Waals surface area contributed by atoms with Gasteiger partial charge in [-0.15, -0.1) is 0 Å². The molecule has 2 rings (SSSR count). The highest BCUT2D eigenvalue weighted by molar-refractivity contribution is 5.94. The highest BCUT2D eigenvalue weighted by Crippen LogP contribution is 2.18. The third kappa shape index (κ3) is 9.27. The molecule has 3 N–H and O–H groups in total. The monoisotopic (exact) mass is 430 g/mol.